The van der Waals surface area contributed by atoms with Crippen LogP contribution in [0.25, 0.3) is 0 Å². The van der Waals surface area contributed by atoms with Crippen molar-refractivity contribution < 1.29 is 9.59 Å². The zero-order valence-corrected chi connectivity index (χ0v) is 21.9. The number of hydrogen-bond donors (Lipinski definition) is 1. The summed E-state index contributed by atoms with van der Waals surface area (Å²) < 4.78 is 0. The second-order valence-electron chi connectivity index (χ2n) is 8.96. The van der Waals surface area contributed by atoms with Gasteiger partial charge in [0.15, 0.2) is 0 Å². The van der Waals surface area contributed by atoms with Crippen molar-refractivity contribution in [3.05, 3.63) is 99.5 Å². The third kappa shape index (κ3) is 5.80. The van der Waals surface area contributed by atoms with Gasteiger partial charge in [0.1, 0.15) is 12.6 Å². The van der Waals surface area contributed by atoms with Gasteiger partial charge in [-0.1, -0.05) is 92.0 Å². The first-order valence-electron chi connectivity index (χ1n) is 12.1. The molecule has 3 aromatic rings. The van der Waals surface area contributed by atoms with Crippen LogP contribution in [0.5, 0.6) is 0 Å². The number of hydrogen-bond acceptors (Lipinski definition) is 3. The second-order valence-corrected chi connectivity index (χ2v) is 9.80. The van der Waals surface area contributed by atoms with Crippen molar-refractivity contribution >= 4 is 46.4 Å². The number of nitrogens with zero attached hydrogens (tertiary/aromatic N) is 2. The molecule has 0 fully saturated rings. The largest absolute Gasteiger partial charge is 0.354 e. The maximum absolute atomic E-state index is 13.9. The summed E-state index contributed by atoms with van der Waals surface area (Å²) in [5.41, 5.74) is 3.72. The highest BCUT2D eigenvalue weighted by Crippen LogP contribution is 2.34. The Morgan fingerprint density at radius 1 is 1.03 bits per heavy atom. The van der Waals surface area contributed by atoms with E-state index in [1.807, 2.05) is 62.4 Å². The van der Waals surface area contributed by atoms with Crippen LogP contribution >= 0.6 is 23.2 Å². The van der Waals surface area contributed by atoms with Crippen molar-refractivity contribution in [2.75, 3.05) is 18.0 Å². The highest BCUT2D eigenvalue weighted by Gasteiger charge is 2.36. The molecule has 4 rings (SSSR count). The molecule has 0 radical (unpaired) electrons. The molecule has 0 unspecified atom stereocenters. The highest BCUT2D eigenvalue weighted by atomic mass is 35.5. The number of rotatable bonds is 8. The lowest BCUT2D eigenvalue weighted by Gasteiger charge is -2.26. The zero-order valence-electron chi connectivity index (χ0n) is 20.4. The molecule has 1 N–H and O–H groups in total. The van der Waals surface area contributed by atoms with Gasteiger partial charge in [0.25, 0.3) is 5.91 Å². The van der Waals surface area contributed by atoms with E-state index in [9.17, 15) is 9.59 Å². The normalized spacial score (nSPS) is 16.1. The van der Waals surface area contributed by atoms with E-state index in [0.29, 0.717) is 40.0 Å². The summed E-state index contributed by atoms with van der Waals surface area (Å²) in [5.74, 6) is -0.485. The average Bonchev–Trinajstić information content (AvgIpc) is 2.99. The Balaban J connectivity index is 1.69. The molecule has 1 heterocycles. The summed E-state index contributed by atoms with van der Waals surface area (Å²) in [5, 5.41) is 4.00. The Kier molecular flexibility index (Phi) is 8.44. The van der Waals surface area contributed by atoms with Crippen LogP contribution in [-0.4, -0.2) is 36.7 Å². The summed E-state index contributed by atoms with van der Waals surface area (Å²) >= 11 is 13.0. The van der Waals surface area contributed by atoms with Crippen molar-refractivity contribution in [2.24, 2.45) is 10.9 Å². The van der Waals surface area contributed by atoms with E-state index >= 15 is 0 Å². The van der Waals surface area contributed by atoms with Gasteiger partial charge in [-0.3, -0.25) is 14.6 Å². The van der Waals surface area contributed by atoms with Gasteiger partial charge in [0.05, 0.1) is 11.4 Å². The van der Waals surface area contributed by atoms with E-state index in [-0.39, 0.29) is 24.3 Å². The minimum atomic E-state index is -0.662. The summed E-state index contributed by atoms with van der Waals surface area (Å²) in [6.45, 7) is 4.39. The predicted octanol–water partition coefficient (Wildman–Crippen LogP) is 5.95. The molecule has 0 bridgehead atoms. The van der Waals surface area contributed by atoms with Gasteiger partial charge in [0.2, 0.25) is 5.91 Å². The van der Waals surface area contributed by atoms with Crippen LogP contribution in [-0.2, 0) is 16.0 Å². The summed E-state index contributed by atoms with van der Waals surface area (Å²) in [7, 11) is 0. The van der Waals surface area contributed by atoms with Crippen LogP contribution in [0.1, 0.15) is 37.0 Å². The van der Waals surface area contributed by atoms with Gasteiger partial charge < -0.3 is 10.2 Å². The number of halogens is 2. The fourth-order valence-corrected chi connectivity index (χ4v) is 4.69. The van der Waals surface area contributed by atoms with Gasteiger partial charge in [-0.2, -0.15) is 0 Å². The molecule has 3 aromatic carbocycles. The van der Waals surface area contributed by atoms with E-state index in [1.165, 1.54) is 4.90 Å². The van der Waals surface area contributed by atoms with E-state index < -0.39 is 6.04 Å². The molecule has 1 aliphatic heterocycles. The molecule has 7 heteroatoms. The predicted molar refractivity (Wildman–Crippen MR) is 147 cm³/mol. The molecule has 0 aromatic heterocycles. The SMILES string of the molecule is CC[C@@H](C)[C@H]1N=C(c2ccccc2Cl)c2cc(Cl)ccc2N(CC(=O)NCCc2ccccc2)C1=O. The fourth-order valence-electron chi connectivity index (χ4n) is 4.29. The number of benzene rings is 3. The molecule has 0 aliphatic carbocycles. The molecule has 0 saturated carbocycles. The zero-order chi connectivity index (χ0) is 25.7. The lowest BCUT2D eigenvalue weighted by atomic mass is 9.97. The molecule has 36 heavy (non-hydrogen) atoms. The maximum Gasteiger partial charge on any atom is 0.252 e. The van der Waals surface area contributed by atoms with E-state index in [1.54, 1.807) is 24.3 Å². The van der Waals surface area contributed by atoms with Crippen molar-refractivity contribution in [3.8, 4) is 0 Å². The van der Waals surface area contributed by atoms with Crippen molar-refractivity contribution in [1.82, 2.24) is 5.32 Å². The Morgan fingerprint density at radius 2 is 1.75 bits per heavy atom. The third-order valence-corrected chi connectivity index (χ3v) is 7.05. The Morgan fingerprint density at radius 3 is 2.47 bits per heavy atom. The van der Waals surface area contributed by atoms with Gasteiger partial charge in [0, 0.05) is 27.7 Å². The summed E-state index contributed by atoms with van der Waals surface area (Å²) in [6, 6.07) is 22.0. The molecule has 2 atom stereocenters. The first kappa shape index (κ1) is 25.9. The van der Waals surface area contributed by atoms with Crippen LogP contribution in [0.15, 0.2) is 77.8 Å². The van der Waals surface area contributed by atoms with Crippen molar-refractivity contribution in [1.29, 1.82) is 0 Å². The summed E-state index contributed by atoms with van der Waals surface area (Å²) in [6.07, 6.45) is 1.46. The number of carbonyl (C=O) groups is 2. The van der Waals surface area contributed by atoms with Crippen molar-refractivity contribution in [3.63, 3.8) is 0 Å². The second kappa shape index (κ2) is 11.7. The number of amides is 2. The van der Waals surface area contributed by atoms with E-state index in [2.05, 4.69) is 5.32 Å². The smallest absolute Gasteiger partial charge is 0.252 e. The van der Waals surface area contributed by atoms with E-state index in [4.69, 9.17) is 28.2 Å². The highest BCUT2D eigenvalue weighted by molar-refractivity contribution is 6.37. The standard InChI is InChI=1S/C29H29Cl2N3O2/c1-3-19(2)27-29(36)34(18-26(35)32-16-15-20-9-5-4-6-10-20)25-14-13-21(30)17-23(25)28(33-27)22-11-7-8-12-24(22)31/h4-14,17,19,27H,3,15-16,18H2,1-2H3,(H,32,35)/t19-,27-/m1/s1. The topological polar surface area (TPSA) is 61.8 Å². The van der Waals surface area contributed by atoms with Gasteiger partial charge in [-0.25, -0.2) is 0 Å². The molecule has 2 amide bonds. The van der Waals surface area contributed by atoms with Gasteiger partial charge in [-0.15, -0.1) is 0 Å². The number of carbonyl (C=O) groups excluding carboxylic acids is 2. The number of benzodiazepines with no additional fused rings is 1. The number of anilines is 1. The van der Waals surface area contributed by atoms with E-state index in [0.717, 1.165) is 17.5 Å². The number of aliphatic imine (C=N–C) groups is 1. The average molecular weight is 522 g/mol. The van der Waals surface area contributed by atoms with Gasteiger partial charge >= 0.3 is 0 Å². The summed E-state index contributed by atoms with van der Waals surface area (Å²) in [4.78, 5) is 33.3. The molecule has 1 aliphatic rings. The Bertz CT molecular complexity index is 1280. The maximum atomic E-state index is 13.9. The molecular formula is C29H29Cl2N3O2. The first-order valence-corrected chi connectivity index (χ1v) is 12.9. The van der Waals surface area contributed by atoms with Gasteiger partial charge in [-0.05, 0) is 42.2 Å². The molecule has 0 spiro atoms. The molecular weight excluding hydrogens is 493 g/mol. The van der Waals surface area contributed by atoms with Crippen LogP contribution in [0, 0.1) is 5.92 Å². The number of fused-ring (bicyclic) bond motifs is 1. The van der Waals surface area contributed by atoms with Crippen LogP contribution in [0.2, 0.25) is 10.0 Å². The Hall–Kier alpha value is -3.15. The monoisotopic (exact) mass is 521 g/mol. The van der Waals surface area contributed by atoms with Crippen molar-refractivity contribution in [2.45, 2.75) is 32.7 Å². The number of nitrogens with one attached hydrogen (secondary N) is 1. The molecule has 5 nitrogen and oxygen atoms in total. The minimum Gasteiger partial charge on any atom is -0.354 e. The third-order valence-electron chi connectivity index (χ3n) is 6.48. The fraction of sp³-hybridized carbons (Fsp3) is 0.276. The minimum absolute atomic E-state index is 0.0385. The van der Waals surface area contributed by atoms with Crippen LogP contribution in [0.4, 0.5) is 5.69 Å². The Labute approximate surface area is 222 Å². The molecule has 186 valence electrons. The first-order chi connectivity index (χ1) is 17.4. The van der Waals surface area contributed by atoms with Crippen LogP contribution in [0.3, 0.4) is 0 Å². The lowest BCUT2D eigenvalue weighted by Crippen LogP contribution is -2.46. The quantitative estimate of drug-likeness (QED) is 0.398. The van der Waals surface area contributed by atoms with Crippen LogP contribution < -0.4 is 10.2 Å². The molecule has 0 saturated heterocycles. The lowest BCUT2D eigenvalue weighted by molar-refractivity contribution is -0.124.